The zero-order valence-electron chi connectivity index (χ0n) is 23.4. The number of benzene rings is 2. The van der Waals surface area contributed by atoms with E-state index in [0.717, 1.165) is 47.3 Å². The summed E-state index contributed by atoms with van der Waals surface area (Å²) in [7, 11) is 1.37. The van der Waals surface area contributed by atoms with E-state index >= 15 is 0 Å². The number of carbonyl (C=O) groups excluding carboxylic acids is 2. The standard InChI is InChI=1S/C32H35BrN2O5/c1-5-7-22-12-26-31(27(36)13-22)30(24(17-34)19(3)35-26)23-15-25(33)32(28(16-23)39-6-2)40-18-21-10-8-20(9-11-21)14-29(37)38-4/h8-11,15-16,22,30,35H,5-7,12-14,18H2,1-4H3. The average molecular weight is 608 g/mol. The summed E-state index contributed by atoms with van der Waals surface area (Å²) in [5, 5.41) is 13.5. The van der Waals surface area contributed by atoms with Crippen molar-refractivity contribution < 1.29 is 23.8 Å². The number of carbonyl (C=O) groups is 2. The number of nitrogens with one attached hydrogen (secondary N) is 1. The maximum Gasteiger partial charge on any atom is 0.309 e. The summed E-state index contributed by atoms with van der Waals surface area (Å²) < 4.78 is 17.6. The lowest BCUT2D eigenvalue weighted by Crippen LogP contribution is -2.34. The molecule has 1 heterocycles. The van der Waals surface area contributed by atoms with Crippen LogP contribution in [-0.4, -0.2) is 25.5 Å². The van der Waals surface area contributed by atoms with Gasteiger partial charge in [-0.25, -0.2) is 0 Å². The quantitative estimate of drug-likeness (QED) is 0.302. The van der Waals surface area contributed by atoms with Gasteiger partial charge in [-0.05, 0) is 77.4 Å². The van der Waals surface area contributed by atoms with Crippen LogP contribution in [0.5, 0.6) is 11.5 Å². The van der Waals surface area contributed by atoms with E-state index in [1.54, 1.807) is 0 Å². The van der Waals surface area contributed by atoms with Crippen LogP contribution in [-0.2, 0) is 27.4 Å². The van der Waals surface area contributed by atoms with Gasteiger partial charge in [-0.15, -0.1) is 0 Å². The van der Waals surface area contributed by atoms with Crippen LogP contribution < -0.4 is 14.8 Å². The molecule has 8 heteroatoms. The molecule has 210 valence electrons. The molecule has 0 saturated heterocycles. The highest BCUT2D eigenvalue weighted by molar-refractivity contribution is 9.10. The summed E-state index contributed by atoms with van der Waals surface area (Å²) >= 11 is 3.67. The van der Waals surface area contributed by atoms with Crippen molar-refractivity contribution in [3.8, 4) is 17.6 Å². The molecule has 2 atom stereocenters. The van der Waals surface area contributed by atoms with E-state index < -0.39 is 5.92 Å². The van der Waals surface area contributed by atoms with Gasteiger partial charge in [0.1, 0.15) is 6.61 Å². The van der Waals surface area contributed by atoms with Gasteiger partial charge in [-0.3, -0.25) is 9.59 Å². The molecule has 40 heavy (non-hydrogen) atoms. The highest BCUT2D eigenvalue weighted by atomic mass is 79.9. The Kier molecular flexibility index (Phi) is 9.70. The van der Waals surface area contributed by atoms with Crippen molar-refractivity contribution in [1.29, 1.82) is 5.26 Å². The van der Waals surface area contributed by atoms with Gasteiger partial charge in [0.05, 0.1) is 42.2 Å². The topological polar surface area (TPSA) is 97.7 Å². The minimum atomic E-state index is -0.469. The SMILES string of the molecule is CCCC1CC(=O)C2=C(C1)NC(C)=C(C#N)C2c1cc(Br)c(OCc2ccc(CC(=O)OC)cc2)c(OCC)c1. The average Bonchev–Trinajstić information content (AvgIpc) is 2.92. The van der Waals surface area contributed by atoms with Gasteiger partial charge < -0.3 is 19.5 Å². The third-order valence-corrected chi connectivity index (χ3v) is 7.97. The van der Waals surface area contributed by atoms with Crippen molar-refractivity contribution in [2.45, 2.75) is 65.4 Å². The molecule has 4 rings (SSSR count). The number of rotatable bonds is 10. The molecule has 0 radical (unpaired) electrons. The van der Waals surface area contributed by atoms with Crippen LogP contribution in [0, 0.1) is 17.2 Å². The number of hydrogen-bond acceptors (Lipinski definition) is 7. The minimum Gasteiger partial charge on any atom is -0.490 e. The van der Waals surface area contributed by atoms with E-state index in [1.165, 1.54) is 7.11 Å². The molecule has 2 unspecified atom stereocenters. The second-order valence-corrected chi connectivity index (χ2v) is 11.1. The number of halogens is 1. The Morgan fingerprint density at radius 2 is 1.85 bits per heavy atom. The van der Waals surface area contributed by atoms with Crippen molar-refractivity contribution in [3.63, 3.8) is 0 Å². The Morgan fingerprint density at radius 3 is 2.50 bits per heavy atom. The van der Waals surface area contributed by atoms with E-state index in [0.29, 0.717) is 52.7 Å². The summed E-state index contributed by atoms with van der Waals surface area (Å²) in [5.74, 6) is 0.746. The van der Waals surface area contributed by atoms with E-state index in [-0.39, 0.29) is 18.2 Å². The molecular weight excluding hydrogens is 572 g/mol. The van der Waals surface area contributed by atoms with Crippen LogP contribution >= 0.6 is 15.9 Å². The Hall–Kier alpha value is -3.57. The fraction of sp³-hybridized carbons (Fsp3) is 0.406. The van der Waals surface area contributed by atoms with Crippen molar-refractivity contribution in [1.82, 2.24) is 5.32 Å². The second-order valence-electron chi connectivity index (χ2n) is 10.2. The molecule has 1 aliphatic heterocycles. The number of Topliss-reactive ketones (excluding diaryl/α,β-unsaturated/α-hetero) is 1. The molecule has 0 saturated carbocycles. The van der Waals surface area contributed by atoms with Gasteiger partial charge in [-0.2, -0.15) is 5.26 Å². The number of esters is 1. The van der Waals surface area contributed by atoms with Crippen LogP contribution in [0.4, 0.5) is 0 Å². The zero-order chi connectivity index (χ0) is 28.8. The van der Waals surface area contributed by atoms with Crippen LogP contribution in [0.2, 0.25) is 0 Å². The first-order valence-corrected chi connectivity index (χ1v) is 14.5. The molecule has 0 bridgehead atoms. The Balaban J connectivity index is 1.65. The van der Waals surface area contributed by atoms with E-state index in [1.807, 2.05) is 50.2 Å². The molecular formula is C32H35BrN2O5. The van der Waals surface area contributed by atoms with Crippen molar-refractivity contribution in [3.05, 3.63) is 80.1 Å². The number of ketones is 1. The maximum atomic E-state index is 13.5. The van der Waals surface area contributed by atoms with Crippen molar-refractivity contribution >= 4 is 27.7 Å². The monoisotopic (exact) mass is 606 g/mol. The summed E-state index contributed by atoms with van der Waals surface area (Å²) in [4.78, 5) is 25.0. The molecule has 0 aromatic heterocycles. The maximum absolute atomic E-state index is 13.5. The summed E-state index contributed by atoms with van der Waals surface area (Å²) in [6, 6.07) is 13.8. The first-order chi connectivity index (χ1) is 19.3. The normalized spacial score (nSPS) is 18.6. The number of hydrogen-bond donors (Lipinski definition) is 1. The fourth-order valence-electron chi connectivity index (χ4n) is 5.52. The van der Waals surface area contributed by atoms with Gasteiger partial charge in [0.15, 0.2) is 17.3 Å². The summed E-state index contributed by atoms with van der Waals surface area (Å²) in [6.45, 7) is 6.65. The van der Waals surface area contributed by atoms with Gasteiger partial charge in [0.25, 0.3) is 0 Å². The smallest absolute Gasteiger partial charge is 0.309 e. The van der Waals surface area contributed by atoms with Crippen molar-refractivity contribution in [2.75, 3.05) is 13.7 Å². The number of dihydropyridines is 1. The number of allylic oxidation sites excluding steroid dienone is 4. The predicted molar refractivity (Wildman–Crippen MR) is 156 cm³/mol. The highest BCUT2D eigenvalue weighted by Crippen LogP contribution is 2.47. The molecule has 2 aromatic carbocycles. The number of nitrogens with zero attached hydrogens (tertiary/aromatic N) is 1. The molecule has 7 nitrogen and oxygen atoms in total. The lowest BCUT2D eigenvalue weighted by Gasteiger charge is -2.35. The lowest BCUT2D eigenvalue weighted by molar-refractivity contribution is -0.139. The van der Waals surface area contributed by atoms with E-state index in [9.17, 15) is 14.9 Å². The first-order valence-electron chi connectivity index (χ1n) is 13.7. The largest absolute Gasteiger partial charge is 0.490 e. The highest BCUT2D eigenvalue weighted by Gasteiger charge is 2.39. The van der Waals surface area contributed by atoms with Crippen LogP contribution in [0.1, 0.15) is 69.1 Å². The van der Waals surface area contributed by atoms with Crippen LogP contribution in [0.3, 0.4) is 0 Å². The molecule has 0 amide bonds. The third-order valence-electron chi connectivity index (χ3n) is 7.38. The Labute approximate surface area is 244 Å². The second kappa shape index (κ2) is 13.2. The van der Waals surface area contributed by atoms with Gasteiger partial charge >= 0.3 is 5.97 Å². The van der Waals surface area contributed by atoms with Crippen LogP contribution in [0.25, 0.3) is 0 Å². The number of ether oxygens (including phenoxy) is 3. The molecule has 1 N–H and O–H groups in total. The summed E-state index contributed by atoms with van der Waals surface area (Å²) in [6.07, 6.45) is 3.56. The van der Waals surface area contributed by atoms with Gasteiger partial charge in [0, 0.05) is 23.4 Å². The molecule has 0 spiro atoms. The zero-order valence-corrected chi connectivity index (χ0v) is 25.0. The predicted octanol–water partition coefficient (Wildman–Crippen LogP) is 6.66. The minimum absolute atomic E-state index is 0.0995. The van der Waals surface area contributed by atoms with Gasteiger partial charge in [-0.1, -0.05) is 37.6 Å². The first kappa shape index (κ1) is 29.4. The third kappa shape index (κ3) is 6.42. The van der Waals surface area contributed by atoms with E-state index in [4.69, 9.17) is 14.2 Å². The molecule has 1 aliphatic carbocycles. The lowest BCUT2D eigenvalue weighted by atomic mass is 9.72. The van der Waals surface area contributed by atoms with Gasteiger partial charge in [0.2, 0.25) is 0 Å². The van der Waals surface area contributed by atoms with E-state index in [2.05, 4.69) is 34.2 Å². The summed E-state index contributed by atoms with van der Waals surface area (Å²) in [5.41, 5.74) is 5.53. The molecule has 0 fully saturated rings. The number of methoxy groups -OCH3 is 1. The Morgan fingerprint density at radius 1 is 1.12 bits per heavy atom. The van der Waals surface area contributed by atoms with Crippen molar-refractivity contribution in [2.24, 2.45) is 5.92 Å². The Bertz CT molecular complexity index is 1390. The molecule has 2 aliphatic rings. The number of nitriles is 1. The molecule has 2 aromatic rings. The van der Waals surface area contributed by atoms with Crippen LogP contribution in [0.15, 0.2) is 63.4 Å². The fourth-order valence-corrected chi connectivity index (χ4v) is 6.09.